The zero-order chi connectivity index (χ0) is 10.7. The van der Waals surface area contributed by atoms with Gasteiger partial charge in [-0.15, -0.1) is 0 Å². The second kappa shape index (κ2) is 5.13. The first kappa shape index (κ1) is 12.0. The van der Waals surface area contributed by atoms with Crippen molar-refractivity contribution in [2.75, 3.05) is 33.2 Å². The maximum absolute atomic E-state index is 2.62. The third-order valence-electron chi connectivity index (χ3n) is 3.17. The van der Waals surface area contributed by atoms with Crippen molar-refractivity contribution in [1.82, 2.24) is 9.80 Å². The van der Waals surface area contributed by atoms with Crippen molar-refractivity contribution < 1.29 is 0 Å². The first-order valence-corrected chi connectivity index (χ1v) is 5.93. The van der Waals surface area contributed by atoms with E-state index in [1.54, 1.807) is 0 Å². The monoisotopic (exact) mass is 198 g/mol. The SMILES string of the molecule is CC(C)CN1CCN(C)C(C(C)C)C1. The van der Waals surface area contributed by atoms with Crippen LogP contribution in [0.5, 0.6) is 0 Å². The van der Waals surface area contributed by atoms with Gasteiger partial charge in [-0.3, -0.25) is 0 Å². The summed E-state index contributed by atoms with van der Waals surface area (Å²) < 4.78 is 0. The van der Waals surface area contributed by atoms with Gasteiger partial charge in [0, 0.05) is 32.2 Å². The van der Waals surface area contributed by atoms with Crippen LogP contribution in [0.15, 0.2) is 0 Å². The molecule has 0 aromatic carbocycles. The summed E-state index contributed by atoms with van der Waals surface area (Å²) in [5.74, 6) is 1.57. The van der Waals surface area contributed by atoms with Crippen LogP contribution in [0.3, 0.4) is 0 Å². The van der Waals surface area contributed by atoms with E-state index in [0.29, 0.717) is 0 Å². The molecule has 1 rings (SSSR count). The predicted molar refractivity (Wildman–Crippen MR) is 62.5 cm³/mol. The Labute approximate surface area is 89.3 Å². The lowest BCUT2D eigenvalue weighted by atomic mass is 9.99. The van der Waals surface area contributed by atoms with E-state index in [1.807, 2.05) is 0 Å². The molecule has 14 heavy (non-hydrogen) atoms. The molecule has 0 N–H and O–H groups in total. The van der Waals surface area contributed by atoms with Gasteiger partial charge in [-0.05, 0) is 18.9 Å². The maximum atomic E-state index is 2.62. The van der Waals surface area contributed by atoms with Crippen molar-refractivity contribution in [3.8, 4) is 0 Å². The Bertz CT molecular complexity index is 166. The summed E-state index contributed by atoms with van der Waals surface area (Å²) in [4.78, 5) is 5.14. The molecule has 2 heteroatoms. The number of rotatable bonds is 3. The first-order chi connectivity index (χ1) is 6.50. The summed E-state index contributed by atoms with van der Waals surface area (Å²) in [5.41, 5.74) is 0. The minimum Gasteiger partial charge on any atom is -0.301 e. The number of piperazine rings is 1. The third-order valence-corrected chi connectivity index (χ3v) is 3.17. The minimum absolute atomic E-state index is 0.752. The van der Waals surface area contributed by atoms with Crippen LogP contribution in [0.1, 0.15) is 27.7 Å². The average Bonchev–Trinajstić information content (AvgIpc) is 2.07. The molecule has 0 amide bonds. The van der Waals surface area contributed by atoms with Crippen molar-refractivity contribution in [3.63, 3.8) is 0 Å². The summed E-state index contributed by atoms with van der Waals surface area (Å²) in [6.45, 7) is 14.3. The van der Waals surface area contributed by atoms with Crippen molar-refractivity contribution >= 4 is 0 Å². The number of nitrogens with zero attached hydrogens (tertiary/aromatic N) is 2. The molecule has 1 unspecified atom stereocenters. The fourth-order valence-corrected chi connectivity index (χ4v) is 2.36. The van der Waals surface area contributed by atoms with E-state index < -0.39 is 0 Å². The van der Waals surface area contributed by atoms with E-state index in [0.717, 1.165) is 17.9 Å². The molecule has 0 radical (unpaired) electrons. The van der Waals surface area contributed by atoms with Gasteiger partial charge in [0.25, 0.3) is 0 Å². The van der Waals surface area contributed by atoms with Gasteiger partial charge in [0.15, 0.2) is 0 Å². The first-order valence-electron chi connectivity index (χ1n) is 5.93. The van der Waals surface area contributed by atoms with E-state index in [2.05, 4.69) is 44.5 Å². The Morgan fingerprint density at radius 3 is 2.29 bits per heavy atom. The zero-order valence-electron chi connectivity index (χ0n) is 10.5. The largest absolute Gasteiger partial charge is 0.301 e. The molecule has 0 aromatic heterocycles. The Kier molecular flexibility index (Phi) is 4.39. The molecule has 0 bridgehead atoms. The van der Waals surface area contributed by atoms with E-state index in [9.17, 15) is 0 Å². The van der Waals surface area contributed by atoms with Crippen LogP contribution >= 0.6 is 0 Å². The van der Waals surface area contributed by atoms with Crippen LogP contribution in [0, 0.1) is 11.8 Å². The molecule has 84 valence electrons. The van der Waals surface area contributed by atoms with Gasteiger partial charge in [-0.1, -0.05) is 27.7 Å². The quantitative estimate of drug-likeness (QED) is 0.683. The van der Waals surface area contributed by atoms with Gasteiger partial charge in [0.05, 0.1) is 0 Å². The summed E-state index contributed by atoms with van der Waals surface area (Å²) >= 11 is 0. The van der Waals surface area contributed by atoms with Crippen molar-refractivity contribution in [1.29, 1.82) is 0 Å². The fraction of sp³-hybridized carbons (Fsp3) is 1.00. The molecule has 1 atom stereocenters. The number of likely N-dealkylation sites (N-methyl/N-ethyl adjacent to an activating group) is 1. The van der Waals surface area contributed by atoms with Gasteiger partial charge in [0.1, 0.15) is 0 Å². The molecule has 1 aliphatic heterocycles. The van der Waals surface area contributed by atoms with Crippen LogP contribution in [0.25, 0.3) is 0 Å². The van der Waals surface area contributed by atoms with Gasteiger partial charge < -0.3 is 9.80 Å². The Hall–Kier alpha value is -0.0800. The molecular weight excluding hydrogens is 172 g/mol. The lowest BCUT2D eigenvalue weighted by Gasteiger charge is -2.42. The standard InChI is InChI=1S/C12H26N2/c1-10(2)8-14-7-6-13(5)12(9-14)11(3)4/h10-12H,6-9H2,1-5H3. The van der Waals surface area contributed by atoms with Gasteiger partial charge in [-0.25, -0.2) is 0 Å². The maximum Gasteiger partial charge on any atom is 0.0243 e. The summed E-state index contributed by atoms with van der Waals surface area (Å²) in [5, 5.41) is 0. The minimum atomic E-state index is 0.752. The van der Waals surface area contributed by atoms with Crippen LogP contribution in [-0.2, 0) is 0 Å². The average molecular weight is 198 g/mol. The molecule has 0 spiro atoms. The lowest BCUT2D eigenvalue weighted by molar-refractivity contribution is 0.0634. The number of hydrogen-bond acceptors (Lipinski definition) is 2. The van der Waals surface area contributed by atoms with Crippen LogP contribution in [0.2, 0.25) is 0 Å². The summed E-state index contributed by atoms with van der Waals surface area (Å²) in [7, 11) is 2.26. The van der Waals surface area contributed by atoms with Crippen molar-refractivity contribution in [2.45, 2.75) is 33.7 Å². The molecule has 1 saturated heterocycles. The summed E-state index contributed by atoms with van der Waals surface area (Å²) in [6, 6.07) is 0.752. The molecule has 0 saturated carbocycles. The van der Waals surface area contributed by atoms with Crippen molar-refractivity contribution in [3.05, 3.63) is 0 Å². The highest BCUT2D eigenvalue weighted by Crippen LogP contribution is 2.16. The lowest BCUT2D eigenvalue weighted by Crippen LogP contribution is -2.54. The Morgan fingerprint density at radius 2 is 1.79 bits per heavy atom. The number of hydrogen-bond donors (Lipinski definition) is 0. The highest BCUT2D eigenvalue weighted by Gasteiger charge is 2.26. The highest BCUT2D eigenvalue weighted by atomic mass is 15.3. The van der Waals surface area contributed by atoms with Gasteiger partial charge >= 0.3 is 0 Å². The topological polar surface area (TPSA) is 6.48 Å². The highest BCUT2D eigenvalue weighted by molar-refractivity contribution is 4.82. The van der Waals surface area contributed by atoms with E-state index in [1.165, 1.54) is 26.2 Å². The van der Waals surface area contributed by atoms with Crippen molar-refractivity contribution in [2.24, 2.45) is 11.8 Å². The molecule has 1 heterocycles. The van der Waals surface area contributed by atoms with E-state index >= 15 is 0 Å². The van der Waals surface area contributed by atoms with Gasteiger partial charge in [-0.2, -0.15) is 0 Å². The molecule has 0 aliphatic carbocycles. The molecular formula is C12H26N2. The molecule has 1 aliphatic rings. The Balaban J connectivity index is 2.45. The normalized spacial score (nSPS) is 26.4. The molecule has 2 nitrogen and oxygen atoms in total. The summed E-state index contributed by atoms with van der Waals surface area (Å²) in [6.07, 6.45) is 0. The van der Waals surface area contributed by atoms with Crippen LogP contribution in [-0.4, -0.2) is 49.1 Å². The second-order valence-corrected chi connectivity index (χ2v) is 5.45. The van der Waals surface area contributed by atoms with Crippen LogP contribution < -0.4 is 0 Å². The van der Waals surface area contributed by atoms with Gasteiger partial charge in [0.2, 0.25) is 0 Å². The van der Waals surface area contributed by atoms with E-state index in [4.69, 9.17) is 0 Å². The smallest absolute Gasteiger partial charge is 0.0243 e. The zero-order valence-corrected chi connectivity index (χ0v) is 10.5. The molecule has 1 fully saturated rings. The van der Waals surface area contributed by atoms with Crippen LogP contribution in [0.4, 0.5) is 0 Å². The predicted octanol–water partition coefficient (Wildman–Crippen LogP) is 1.91. The fourth-order valence-electron chi connectivity index (χ4n) is 2.36. The molecule has 0 aromatic rings. The third kappa shape index (κ3) is 3.25. The second-order valence-electron chi connectivity index (χ2n) is 5.45. The van der Waals surface area contributed by atoms with E-state index in [-0.39, 0.29) is 0 Å². The Morgan fingerprint density at radius 1 is 1.14 bits per heavy atom.